The molecule has 0 spiro atoms. The fourth-order valence-corrected chi connectivity index (χ4v) is 3.58. The maximum absolute atomic E-state index is 12.2. The summed E-state index contributed by atoms with van der Waals surface area (Å²) in [6, 6.07) is 7.71. The third kappa shape index (κ3) is 3.47. The molecular weight excluding hydrogens is 358 g/mol. The van der Waals surface area contributed by atoms with Crippen LogP contribution < -0.4 is 10.1 Å². The summed E-state index contributed by atoms with van der Waals surface area (Å²) in [7, 11) is 5.23. The molecule has 2 aromatic heterocycles. The van der Waals surface area contributed by atoms with E-state index in [9.17, 15) is 4.79 Å². The van der Waals surface area contributed by atoms with Gasteiger partial charge in [-0.3, -0.25) is 4.79 Å². The van der Waals surface area contributed by atoms with Crippen molar-refractivity contribution in [1.82, 2.24) is 29.9 Å². The number of amides is 1. The lowest BCUT2D eigenvalue weighted by molar-refractivity contribution is -0.132. The largest absolute Gasteiger partial charge is 0.497 e. The fourth-order valence-electron chi connectivity index (χ4n) is 3.58. The first-order valence-electron chi connectivity index (χ1n) is 9.25. The van der Waals surface area contributed by atoms with Crippen LogP contribution in [0.4, 0.5) is 5.95 Å². The molecule has 4 rings (SSSR count). The Morgan fingerprint density at radius 3 is 2.75 bits per heavy atom. The lowest BCUT2D eigenvalue weighted by atomic mass is 10.1. The van der Waals surface area contributed by atoms with E-state index in [0.29, 0.717) is 17.1 Å². The zero-order valence-electron chi connectivity index (χ0n) is 16.2. The molecule has 9 nitrogen and oxygen atoms in total. The van der Waals surface area contributed by atoms with Gasteiger partial charge in [-0.15, -0.1) is 5.10 Å². The van der Waals surface area contributed by atoms with Crippen molar-refractivity contribution in [2.45, 2.75) is 25.3 Å². The summed E-state index contributed by atoms with van der Waals surface area (Å²) < 4.78 is 6.87. The lowest BCUT2D eigenvalue weighted by Gasteiger charge is -2.16. The van der Waals surface area contributed by atoms with Gasteiger partial charge in [-0.2, -0.15) is 9.67 Å². The lowest BCUT2D eigenvalue weighted by Crippen LogP contribution is -2.29. The van der Waals surface area contributed by atoms with Gasteiger partial charge in [-0.25, -0.2) is 4.98 Å². The molecule has 1 aromatic carbocycles. The van der Waals surface area contributed by atoms with Crippen LogP contribution in [0.2, 0.25) is 0 Å². The summed E-state index contributed by atoms with van der Waals surface area (Å²) in [5, 5.41) is 11.7. The first-order valence-corrected chi connectivity index (χ1v) is 9.25. The molecule has 0 radical (unpaired) electrons. The van der Waals surface area contributed by atoms with E-state index in [0.717, 1.165) is 30.7 Å². The number of anilines is 1. The van der Waals surface area contributed by atoms with Crippen LogP contribution in [0.5, 0.6) is 5.75 Å². The van der Waals surface area contributed by atoms with Crippen molar-refractivity contribution in [2.24, 2.45) is 5.92 Å². The van der Waals surface area contributed by atoms with Gasteiger partial charge in [-0.05, 0) is 43.5 Å². The van der Waals surface area contributed by atoms with Crippen molar-refractivity contribution in [3.63, 3.8) is 0 Å². The number of methoxy groups -OCH3 is 1. The molecule has 1 fully saturated rings. The molecule has 1 aliphatic rings. The molecule has 1 aliphatic carbocycles. The molecule has 0 saturated heterocycles. The number of carbonyl (C=O) groups is 1. The van der Waals surface area contributed by atoms with Gasteiger partial charge in [0.1, 0.15) is 5.75 Å². The molecule has 28 heavy (non-hydrogen) atoms. The Balaban J connectivity index is 1.54. The van der Waals surface area contributed by atoms with E-state index in [-0.39, 0.29) is 17.9 Å². The zero-order chi connectivity index (χ0) is 19.7. The number of carbonyl (C=O) groups excluding carboxylic acids is 1. The number of hydrogen-bond donors (Lipinski definition) is 1. The number of hydrogen-bond acceptors (Lipinski definition) is 7. The van der Waals surface area contributed by atoms with E-state index in [1.807, 2.05) is 24.3 Å². The number of rotatable bonds is 5. The number of nitrogens with one attached hydrogen (secondary N) is 1. The molecular formula is C19H23N7O2. The molecule has 1 amide bonds. The van der Waals surface area contributed by atoms with Crippen LogP contribution in [0.15, 0.2) is 30.5 Å². The smallest absolute Gasteiger partial charge is 0.225 e. The second kappa shape index (κ2) is 7.41. The average Bonchev–Trinajstić information content (AvgIpc) is 3.34. The van der Waals surface area contributed by atoms with E-state index in [1.165, 1.54) is 0 Å². The number of ether oxygens (including phenoxy) is 1. The Labute approximate surface area is 162 Å². The number of nitrogens with zero attached hydrogens (tertiary/aromatic N) is 6. The first kappa shape index (κ1) is 18.1. The summed E-state index contributed by atoms with van der Waals surface area (Å²) >= 11 is 0. The minimum Gasteiger partial charge on any atom is -0.497 e. The minimum absolute atomic E-state index is 0.0581. The van der Waals surface area contributed by atoms with Crippen LogP contribution in [-0.2, 0) is 4.79 Å². The van der Waals surface area contributed by atoms with Crippen molar-refractivity contribution in [2.75, 3.05) is 26.5 Å². The Kier molecular flexibility index (Phi) is 4.81. The second-order valence-corrected chi connectivity index (χ2v) is 7.19. The molecule has 3 aromatic rings. The van der Waals surface area contributed by atoms with Crippen LogP contribution in [0.3, 0.4) is 0 Å². The predicted molar refractivity (Wildman–Crippen MR) is 104 cm³/mol. The highest BCUT2D eigenvalue weighted by Gasteiger charge is 2.31. The number of fused-ring (bicyclic) bond motifs is 1. The van der Waals surface area contributed by atoms with Crippen LogP contribution in [0, 0.1) is 5.92 Å². The van der Waals surface area contributed by atoms with Crippen molar-refractivity contribution in [1.29, 1.82) is 0 Å². The van der Waals surface area contributed by atoms with Crippen molar-refractivity contribution >= 4 is 23.0 Å². The summed E-state index contributed by atoms with van der Waals surface area (Å²) in [4.78, 5) is 22.8. The molecule has 2 atom stereocenters. The van der Waals surface area contributed by atoms with Crippen LogP contribution in [0.1, 0.15) is 19.3 Å². The highest BCUT2D eigenvalue weighted by atomic mass is 16.5. The molecule has 0 bridgehead atoms. The van der Waals surface area contributed by atoms with E-state index in [4.69, 9.17) is 4.74 Å². The van der Waals surface area contributed by atoms with Crippen molar-refractivity contribution in [3.05, 3.63) is 30.5 Å². The standard InChI is InChI=1S/C19H23N7O2/c1-25(2)18(27)12-4-5-13(10-12)21-19-20-11-16-17(22-19)26(24-23-16)14-6-8-15(28-3)9-7-14/h6-9,11-13H,4-5,10H2,1-3H3,(H,20,21,22). The van der Waals surface area contributed by atoms with Crippen LogP contribution in [-0.4, -0.2) is 63.0 Å². The molecule has 1 saturated carbocycles. The number of aromatic nitrogens is 5. The second-order valence-electron chi connectivity index (χ2n) is 7.19. The Hall–Kier alpha value is -3.23. The third-order valence-electron chi connectivity index (χ3n) is 5.07. The first-order chi connectivity index (χ1) is 13.5. The molecule has 2 heterocycles. The summed E-state index contributed by atoms with van der Waals surface area (Å²) in [5.74, 6) is 1.53. The Morgan fingerprint density at radius 2 is 2.04 bits per heavy atom. The number of benzene rings is 1. The van der Waals surface area contributed by atoms with Gasteiger partial charge in [0.05, 0.1) is 19.0 Å². The quantitative estimate of drug-likeness (QED) is 0.720. The molecule has 146 valence electrons. The van der Waals surface area contributed by atoms with Crippen molar-refractivity contribution < 1.29 is 9.53 Å². The molecule has 0 aliphatic heterocycles. The maximum Gasteiger partial charge on any atom is 0.225 e. The Morgan fingerprint density at radius 1 is 1.25 bits per heavy atom. The predicted octanol–water partition coefficient (Wildman–Crippen LogP) is 1.89. The van der Waals surface area contributed by atoms with E-state index in [2.05, 4.69) is 25.6 Å². The van der Waals surface area contributed by atoms with Gasteiger partial charge in [0, 0.05) is 26.1 Å². The van der Waals surface area contributed by atoms with Crippen LogP contribution in [0.25, 0.3) is 16.9 Å². The average molecular weight is 381 g/mol. The molecule has 9 heteroatoms. The summed E-state index contributed by atoms with van der Waals surface area (Å²) in [6.45, 7) is 0. The monoisotopic (exact) mass is 381 g/mol. The van der Waals surface area contributed by atoms with Gasteiger partial charge in [0.25, 0.3) is 0 Å². The van der Waals surface area contributed by atoms with Gasteiger partial charge in [0.2, 0.25) is 11.9 Å². The van der Waals surface area contributed by atoms with E-state index >= 15 is 0 Å². The highest BCUT2D eigenvalue weighted by molar-refractivity contribution is 5.78. The van der Waals surface area contributed by atoms with Crippen molar-refractivity contribution in [3.8, 4) is 11.4 Å². The maximum atomic E-state index is 12.2. The van der Waals surface area contributed by atoms with Gasteiger partial charge < -0.3 is 15.0 Å². The van der Waals surface area contributed by atoms with E-state index < -0.39 is 0 Å². The minimum atomic E-state index is 0.0581. The fraction of sp³-hybridized carbons (Fsp3) is 0.421. The summed E-state index contributed by atoms with van der Waals surface area (Å²) in [6.07, 6.45) is 4.24. The zero-order valence-corrected chi connectivity index (χ0v) is 16.2. The summed E-state index contributed by atoms with van der Waals surface area (Å²) in [5.41, 5.74) is 2.08. The third-order valence-corrected chi connectivity index (χ3v) is 5.07. The van der Waals surface area contributed by atoms with Gasteiger partial charge >= 0.3 is 0 Å². The van der Waals surface area contributed by atoms with Gasteiger partial charge in [0.15, 0.2) is 11.2 Å². The van der Waals surface area contributed by atoms with Crippen LogP contribution >= 0.6 is 0 Å². The molecule has 2 unspecified atom stereocenters. The molecule has 1 N–H and O–H groups in total. The topological polar surface area (TPSA) is 98.1 Å². The SMILES string of the molecule is COc1ccc(-n2nnc3cnc(NC4CCC(C(=O)N(C)C)C4)nc32)cc1. The van der Waals surface area contributed by atoms with Gasteiger partial charge in [-0.1, -0.05) is 5.21 Å². The normalized spacial score (nSPS) is 19.0. The highest BCUT2D eigenvalue weighted by Crippen LogP contribution is 2.29. The Bertz CT molecular complexity index is 984. The van der Waals surface area contributed by atoms with E-state index in [1.54, 1.807) is 37.0 Å².